The molecule has 2 aromatic carbocycles. The van der Waals surface area contributed by atoms with Gasteiger partial charge in [0.2, 0.25) is 0 Å². The highest BCUT2D eigenvalue weighted by Crippen LogP contribution is 2.28. The van der Waals surface area contributed by atoms with E-state index in [1.807, 2.05) is 6.92 Å². The van der Waals surface area contributed by atoms with E-state index in [1.54, 1.807) is 63.4 Å². The van der Waals surface area contributed by atoms with E-state index in [4.69, 9.17) is 18.6 Å². The molecular weight excluding hydrogens is 388 g/mol. The number of amides is 2. The first-order chi connectivity index (χ1) is 14.4. The number of hydrazine groups is 1. The number of aryl methyl sites for hydroxylation is 1. The second-order valence-corrected chi connectivity index (χ2v) is 6.53. The van der Waals surface area contributed by atoms with Crippen molar-refractivity contribution in [3.05, 3.63) is 53.8 Å². The molecule has 0 fully saturated rings. The van der Waals surface area contributed by atoms with Crippen LogP contribution in [0.25, 0.3) is 11.0 Å². The fourth-order valence-electron chi connectivity index (χ4n) is 2.86. The number of carbonyl (C=O) groups is 2. The summed E-state index contributed by atoms with van der Waals surface area (Å²) in [6.45, 7) is 5.81. The fourth-order valence-corrected chi connectivity index (χ4v) is 2.86. The molecule has 0 aliphatic carbocycles. The van der Waals surface area contributed by atoms with Crippen LogP contribution in [0.3, 0.4) is 0 Å². The zero-order chi connectivity index (χ0) is 21.7. The van der Waals surface area contributed by atoms with Crippen molar-refractivity contribution in [3.63, 3.8) is 0 Å². The topological polar surface area (TPSA) is 99.0 Å². The summed E-state index contributed by atoms with van der Waals surface area (Å²) in [7, 11) is 1.57. The van der Waals surface area contributed by atoms with Crippen LogP contribution in [-0.4, -0.2) is 31.6 Å². The molecule has 3 rings (SSSR count). The summed E-state index contributed by atoms with van der Waals surface area (Å²) in [5.74, 6) is 0.921. The number of hydrogen-bond donors (Lipinski definition) is 2. The van der Waals surface area contributed by atoms with Crippen molar-refractivity contribution in [3.8, 4) is 17.2 Å². The molecule has 3 aromatic rings. The maximum atomic E-state index is 12.5. The number of furan rings is 1. The molecule has 2 N–H and O–H groups in total. The number of rotatable bonds is 7. The summed E-state index contributed by atoms with van der Waals surface area (Å²) >= 11 is 0. The lowest BCUT2D eigenvalue weighted by Crippen LogP contribution is -2.47. The summed E-state index contributed by atoms with van der Waals surface area (Å²) < 4.78 is 21.8. The van der Waals surface area contributed by atoms with Gasteiger partial charge >= 0.3 is 5.91 Å². The molecule has 158 valence electrons. The van der Waals surface area contributed by atoms with Gasteiger partial charge in [-0.2, -0.15) is 0 Å². The zero-order valence-corrected chi connectivity index (χ0v) is 17.3. The standard InChI is InChI=1S/C22H24N2O6/c1-5-28-15-6-8-16(9-7-15)29-14(3)21(25)23-24-22(26)20-13(2)18-12-17(27-4)10-11-19(18)30-20/h6-12,14H,5H2,1-4H3,(H,23,25)(H,24,26)/t14-/m1/s1. The van der Waals surface area contributed by atoms with Crippen LogP contribution in [0.2, 0.25) is 0 Å². The van der Waals surface area contributed by atoms with Crippen molar-refractivity contribution in [2.75, 3.05) is 13.7 Å². The minimum Gasteiger partial charge on any atom is -0.497 e. The maximum Gasteiger partial charge on any atom is 0.305 e. The summed E-state index contributed by atoms with van der Waals surface area (Å²) in [6.07, 6.45) is -0.829. The molecule has 0 bridgehead atoms. The SMILES string of the molecule is CCOc1ccc(O[C@H](C)C(=O)NNC(=O)c2oc3ccc(OC)cc3c2C)cc1. The third kappa shape index (κ3) is 4.65. The molecule has 0 radical (unpaired) electrons. The molecule has 0 aliphatic heterocycles. The Morgan fingerprint density at radius 1 is 1.03 bits per heavy atom. The van der Waals surface area contributed by atoms with Gasteiger partial charge in [-0.25, -0.2) is 0 Å². The van der Waals surface area contributed by atoms with Crippen molar-refractivity contribution in [1.29, 1.82) is 0 Å². The Balaban J connectivity index is 1.59. The van der Waals surface area contributed by atoms with Gasteiger partial charge in [0.1, 0.15) is 22.8 Å². The van der Waals surface area contributed by atoms with E-state index < -0.39 is 17.9 Å². The Kier molecular flexibility index (Phi) is 6.46. The van der Waals surface area contributed by atoms with E-state index in [0.717, 1.165) is 5.39 Å². The summed E-state index contributed by atoms with van der Waals surface area (Å²) in [4.78, 5) is 24.7. The van der Waals surface area contributed by atoms with Crippen LogP contribution in [0.1, 0.15) is 30.0 Å². The van der Waals surface area contributed by atoms with Crippen LogP contribution < -0.4 is 25.1 Å². The van der Waals surface area contributed by atoms with E-state index >= 15 is 0 Å². The van der Waals surface area contributed by atoms with E-state index in [1.165, 1.54) is 0 Å². The number of ether oxygens (including phenoxy) is 3. The lowest BCUT2D eigenvalue weighted by atomic mass is 10.1. The monoisotopic (exact) mass is 412 g/mol. The number of fused-ring (bicyclic) bond motifs is 1. The van der Waals surface area contributed by atoms with Crippen molar-refractivity contribution < 1.29 is 28.2 Å². The van der Waals surface area contributed by atoms with Gasteiger partial charge in [-0.1, -0.05) is 0 Å². The van der Waals surface area contributed by atoms with Gasteiger partial charge in [-0.05, 0) is 63.2 Å². The van der Waals surface area contributed by atoms with Gasteiger partial charge in [0, 0.05) is 10.9 Å². The first kappa shape index (κ1) is 21.0. The average molecular weight is 412 g/mol. The molecule has 1 atom stereocenters. The number of hydrogen-bond acceptors (Lipinski definition) is 6. The summed E-state index contributed by atoms with van der Waals surface area (Å²) in [5.41, 5.74) is 5.91. The van der Waals surface area contributed by atoms with Crippen LogP contribution in [0.4, 0.5) is 0 Å². The Labute approximate surface area is 174 Å². The predicted molar refractivity (Wildman–Crippen MR) is 111 cm³/mol. The second-order valence-electron chi connectivity index (χ2n) is 6.53. The van der Waals surface area contributed by atoms with Gasteiger partial charge in [0.15, 0.2) is 11.9 Å². The predicted octanol–water partition coefficient (Wildman–Crippen LogP) is 3.38. The summed E-state index contributed by atoms with van der Waals surface area (Å²) in [5, 5.41) is 0.762. The highest BCUT2D eigenvalue weighted by Gasteiger charge is 2.20. The lowest BCUT2D eigenvalue weighted by Gasteiger charge is -2.15. The normalized spacial score (nSPS) is 11.6. The van der Waals surface area contributed by atoms with Crippen LogP contribution >= 0.6 is 0 Å². The fraction of sp³-hybridized carbons (Fsp3) is 0.273. The minimum atomic E-state index is -0.829. The molecule has 2 amide bonds. The highest BCUT2D eigenvalue weighted by atomic mass is 16.5. The van der Waals surface area contributed by atoms with Crippen LogP contribution in [0.5, 0.6) is 17.2 Å². The van der Waals surface area contributed by atoms with Gasteiger partial charge in [0.05, 0.1) is 13.7 Å². The molecule has 0 aliphatic rings. The Hall–Kier alpha value is -3.68. The smallest absolute Gasteiger partial charge is 0.305 e. The van der Waals surface area contributed by atoms with Gasteiger partial charge < -0.3 is 18.6 Å². The quantitative estimate of drug-likeness (QED) is 0.577. The number of nitrogens with one attached hydrogen (secondary N) is 2. The van der Waals surface area contributed by atoms with Crippen molar-refractivity contribution in [2.45, 2.75) is 26.9 Å². The molecule has 1 heterocycles. The molecule has 0 unspecified atom stereocenters. The van der Waals surface area contributed by atoms with Crippen molar-refractivity contribution in [2.24, 2.45) is 0 Å². The van der Waals surface area contributed by atoms with Crippen molar-refractivity contribution in [1.82, 2.24) is 10.9 Å². The van der Waals surface area contributed by atoms with Crippen molar-refractivity contribution >= 4 is 22.8 Å². The Morgan fingerprint density at radius 3 is 2.37 bits per heavy atom. The van der Waals surface area contributed by atoms with E-state index in [9.17, 15) is 9.59 Å². The van der Waals surface area contributed by atoms with Crippen LogP contribution in [-0.2, 0) is 4.79 Å². The second kappa shape index (κ2) is 9.21. The largest absolute Gasteiger partial charge is 0.497 e. The number of benzene rings is 2. The molecular formula is C22H24N2O6. The molecule has 0 saturated carbocycles. The van der Waals surface area contributed by atoms with E-state index in [0.29, 0.717) is 35.0 Å². The first-order valence-electron chi connectivity index (χ1n) is 9.49. The minimum absolute atomic E-state index is 0.110. The van der Waals surface area contributed by atoms with Gasteiger partial charge in [0.25, 0.3) is 5.91 Å². The zero-order valence-electron chi connectivity index (χ0n) is 17.3. The van der Waals surface area contributed by atoms with Crippen LogP contribution in [0, 0.1) is 6.92 Å². The number of carbonyl (C=O) groups excluding carboxylic acids is 2. The summed E-state index contributed by atoms with van der Waals surface area (Å²) in [6, 6.07) is 12.2. The van der Waals surface area contributed by atoms with E-state index in [-0.39, 0.29) is 5.76 Å². The molecule has 8 heteroatoms. The Morgan fingerprint density at radius 2 is 1.70 bits per heavy atom. The highest BCUT2D eigenvalue weighted by molar-refractivity contribution is 6.00. The van der Waals surface area contributed by atoms with Gasteiger partial charge in [-0.15, -0.1) is 0 Å². The molecule has 1 aromatic heterocycles. The molecule has 8 nitrogen and oxygen atoms in total. The van der Waals surface area contributed by atoms with E-state index in [2.05, 4.69) is 10.9 Å². The third-order valence-electron chi connectivity index (χ3n) is 4.47. The van der Waals surface area contributed by atoms with Crippen LogP contribution in [0.15, 0.2) is 46.9 Å². The number of methoxy groups -OCH3 is 1. The first-order valence-corrected chi connectivity index (χ1v) is 9.49. The molecule has 0 spiro atoms. The molecule has 30 heavy (non-hydrogen) atoms. The third-order valence-corrected chi connectivity index (χ3v) is 4.47. The van der Waals surface area contributed by atoms with Gasteiger partial charge in [-0.3, -0.25) is 20.4 Å². The Bertz CT molecular complexity index is 1040. The molecule has 0 saturated heterocycles. The average Bonchev–Trinajstić information content (AvgIpc) is 3.09. The maximum absolute atomic E-state index is 12.5. The lowest BCUT2D eigenvalue weighted by molar-refractivity contribution is -0.128.